The Kier molecular flexibility index (Phi) is 5.99. The van der Waals surface area contributed by atoms with Crippen molar-refractivity contribution in [2.45, 2.75) is 84.0 Å². The molecule has 2 aliphatic rings. The molecule has 0 bridgehead atoms. The van der Waals surface area contributed by atoms with Gasteiger partial charge in [-0.05, 0) is 53.5 Å². The van der Waals surface area contributed by atoms with E-state index in [0.29, 0.717) is 5.41 Å². The average molecular weight is 335 g/mol. The second-order valence-corrected chi connectivity index (χ2v) is 7.84. The molecule has 0 heterocycles. The first-order valence-electron chi connectivity index (χ1n) is 10.5. The topological polar surface area (TPSA) is 0 Å². The van der Waals surface area contributed by atoms with Crippen LogP contribution in [0.4, 0.5) is 0 Å². The van der Waals surface area contributed by atoms with E-state index in [1.165, 1.54) is 68.9 Å². The number of aryl methyl sites for hydroxylation is 1. The third kappa shape index (κ3) is 3.28. The van der Waals surface area contributed by atoms with Crippen LogP contribution >= 0.6 is 0 Å². The fourth-order valence-corrected chi connectivity index (χ4v) is 4.95. The standard InChI is InChI=1S/C22H26.C3H8/c1-2-3-4-7-15-22-16-9-11-17-10-8-13-19(21(17)22)18-12-5-6-14-20(18)22;1-3-2/h5-6,8,10,12-14H,2-4,7,9,11,15-16H2,1H3;3H2,1-2H3. The smallest absolute Gasteiger partial charge is 0.0218 e. The fraction of sp³-hybridized carbons (Fsp3) is 0.520. The Morgan fingerprint density at radius 1 is 0.840 bits per heavy atom. The van der Waals surface area contributed by atoms with E-state index in [2.05, 4.69) is 63.2 Å². The lowest BCUT2D eigenvalue weighted by atomic mass is 9.66. The lowest BCUT2D eigenvalue weighted by Crippen LogP contribution is -2.30. The second kappa shape index (κ2) is 8.21. The van der Waals surface area contributed by atoms with Crippen LogP contribution in [0.2, 0.25) is 0 Å². The van der Waals surface area contributed by atoms with Crippen LogP contribution in [0.15, 0.2) is 42.5 Å². The Balaban J connectivity index is 0.000000569. The highest BCUT2D eigenvalue weighted by Gasteiger charge is 2.45. The molecule has 0 aromatic heterocycles. The monoisotopic (exact) mass is 334 g/mol. The molecule has 2 aromatic carbocycles. The summed E-state index contributed by atoms with van der Waals surface area (Å²) in [5.41, 5.74) is 8.30. The van der Waals surface area contributed by atoms with E-state index >= 15 is 0 Å². The van der Waals surface area contributed by atoms with Crippen LogP contribution in [0.1, 0.15) is 88.8 Å². The Morgan fingerprint density at radius 3 is 2.40 bits per heavy atom. The first-order valence-corrected chi connectivity index (χ1v) is 10.5. The molecule has 0 heteroatoms. The molecule has 2 aromatic rings. The van der Waals surface area contributed by atoms with Gasteiger partial charge in [-0.1, -0.05) is 95.3 Å². The molecule has 4 rings (SSSR count). The van der Waals surface area contributed by atoms with E-state index in [-0.39, 0.29) is 0 Å². The predicted molar refractivity (Wildman–Crippen MR) is 110 cm³/mol. The molecule has 0 nitrogen and oxygen atoms in total. The maximum absolute atomic E-state index is 2.41. The zero-order valence-corrected chi connectivity index (χ0v) is 16.4. The Labute approximate surface area is 154 Å². The van der Waals surface area contributed by atoms with Gasteiger partial charge in [-0.3, -0.25) is 0 Å². The van der Waals surface area contributed by atoms with Crippen molar-refractivity contribution in [3.63, 3.8) is 0 Å². The Morgan fingerprint density at radius 2 is 1.60 bits per heavy atom. The van der Waals surface area contributed by atoms with Gasteiger partial charge in [0.05, 0.1) is 0 Å². The highest BCUT2D eigenvalue weighted by molar-refractivity contribution is 5.82. The molecule has 25 heavy (non-hydrogen) atoms. The molecule has 1 atom stereocenters. The molecule has 0 saturated heterocycles. The highest BCUT2D eigenvalue weighted by atomic mass is 14.5. The lowest BCUT2D eigenvalue weighted by molar-refractivity contribution is 0.389. The maximum Gasteiger partial charge on any atom is 0.0218 e. The van der Waals surface area contributed by atoms with E-state index in [1.54, 1.807) is 16.7 Å². The van der Waals surface area contributed by atoms with Crippen molar-refractivity contribution < 1.29 is 0 Å². The number of hydrogen-bond donors (Lipinski definition) is 0. The van der Waals surface area contributed by atoms with E-state index < -0.39 is 0 Å². The number of benzene rings is 2. The summed E-state index contributed by atoms with van der Waals surface area (Å²) in [5, 5.41) is 0. The maximum atomic E-state index is 2.41. The van der Waals surface area contributed by atoms with Gasteiger partial charge in [0.2, 0.25) is 0 Å². The van der Waals surface area contributed by atoms with Gasteiger partial charge >= 0.3 is 0 Å². The van der Waals surface area contributed by atoms with Crippen molar-refractivity contribution in [2.24, 2.45) is 0 Å². The second-order valence-electron chi connectivity index (χ2n) is 7.84. The summed E-state index contributed by atoms with van der Waals surface area (Å²) in [5.74, 6) is 0. The minimum absolute atomic E-state index is 0.328. The predicted octanol–water partition coefficient (Wildman–Crippen LogP) is 7.68. The van der Waals surface area contributed by atoms with Crippen molar-refractivity contribution in [3.05, 3.63) is 59.2 Å². The molecule has 0 saturated carbocycles. The first kappa shape index (κ1) is 18.2. The Hall–Kier alpha value is -1.56. The molecule has 1 unspecified atom stereocenters. The van der Waals surface area contributed by atoms with E-state index in [9.17, 15) is 0 Å². The number of hydrogen-bond acceptors (Lipinski definition) is 0. The minimum atomic E-state index is 0.328. The molecule has 0 radical (unpaired) electrons. The largest absolute Gasteiger partial charge is 0.0656 e. The van der Waals surface area contributed by atoms with Crippen molar-refractivity contribution >= 4 is 0 Å². The summed E-state index contributed by atoms with van der Waals surface area (Å²) in [6.45, 7) is 6.55. The summed E-state index contributed by atoms with van der Waals surface area (Å²) >= 11 is 0. The molecule has 0 aliphatic heterocycles. The number of rotatable bonds is 5. The third-order valence-corrected chi connectivity index (χ3v) is 5.87. The molecule has 0 amide bonds. The number of unbranched alkanes of at least 4 members (excludes halogenated alkanes) is 3. The van der Waals surface area contributed by atoms with Crippen LogP contribution in [0.5, 0.6) is 0 Å². The highest BCUT2D eigenvalue weighted by Crippen LogP contribution is 2.57. The van der Waals surface area contributed by atoms with E-state index in [1.807, 2.05) is 0 Å². The van der Waals surface area contributed by atoms with Crippen LogP contribution in [0, 0.1) is 0 Å². The summed E-state index contributed by atoms with van der Waals surface area (Å²) in [6.07, 6.45) is 12.0. The van der Waals surface area contributed by atoms with Gasteiger partial charge in [-0.2, -0.15) is 0 Å². The number of fused-ring (bicyclic) bond motifs is 3. The van der Waals surface area contributed by atoms with Gasteiger partial charge in [-0.15, -0.1) is 0 Å². The molecule has 0 spiro atoms. The van der Waals surface area contributed by atoms with Gasteiger partial charge in [0.15, 0.2) is 0 Å². The van der Waals surface area contributed by atoms with Crippen LogP contribution < -0.4 is 0 Å². The quantitative estimate of drug-likeness (QED) is 0.492. The first-order chi connectivity index (χ1) is 12.3. The minimum Gasteiger partial charge on any atom is -0.0656 e. The summed E-state index contributed by atoms with van der Waals surface area (Å²) in [6, 6.07) is 16.2. The van der Waals surface area contributed by atoms with Crippen molar-refractivity contribution in [1.29, 1.82) is 0 Å². The van der Waals surface area contributed by atoms with Gasteiger partial charge in [0.1, 0.15) is 0 Å². The van der Waals surface area contributed by atoms with Crippen LogP contribution in [-0.2, 0) is 11.8 Å². The zero-order chi connectivity index (χ0) is 17.7. The molecule has 0 fully saturated rings. The average Bonchev–Trinajstić information content (AvgIpc) is 2.93. The molecular weight excluding hydrogens is 300 g/mol. The fourth-order valence-electron chi connectivity index (χ4n) is 4.95. The van der Waals surface area contributed by atoms with Crippen LogP contribution in [0.25, 0.3) is 11.1 Å². The van der Waals surface area contributed by atoms with Gasteiger partial charge in [0, 0.05) is 5.41 Å². The zero-order valence-electron chi connectivity index (χ0n) is 16.4. The SMILES string of the molecule is CCC.CCCCCCC12CCCc3cccc(c31)-c1ccccc12. The van der Waals surface area contributed by atoms with Crippen molar-refractivity contribution in [3.8, 4) is 11.1 Å². The summed E-state index contributed by atoms with van der Waals surface area (Å²) < 4.78 is 0. The normalized spacial score (nSPS) is 19.6. The summed E-state index contributed by atoms with van der Waals surface area (Å²) in [7, 11) is 0. The van der Waals surface area contributed by atoms with Gasteiger partial charge in [-0.25, -0.2) is 0 Å². The lowest BCUT2D eigenvalue weighted by Gasteiger charge is -2.37. The molecular formula is C25H34. The van der Waals surface area contributed by atoms with Crippen LogP contribution in [0.3, 0.4) is 0 Å². The Bertz CT molecular complexity index is 697. The molecule has 2 aliphatic carbocycles. The van der Waals surface area contributed by atoms with E-state index in [0.717, 1.165) is 0 Å². The molecule has 0 N–H and O–H groups in total. The van der Waals surface area contributed by atoms with Gasteiger partial charge < -0.3 is 0 Å². The van der Waals surface area contributed by atoms with Crippen LogP contribution in [-0.4, -0.2) is 0 Å². The van der Waals surface area contributed by atoms with Gasteiger partial charge in [0.25, 0.3) is 0 Å². The summed E-state index contributed by atoms with van der Waals surface area (Å²) in [4.78, 5) is 0. The van der Waals surface area contributed by atoms with Crippen molar-refractivity contribution in [2.75, 3.05) is 0 Å². The third-order valence-electron chi connectivity index (χ3n) is 5.87. The van der Waals surface area contributed by atoms with Crippen molar-refractivity contribution in [1.82, 2.24) is 0 Å². The molecule has 134 valence electrons. The van der Waals surface area contributed by atoms with E-state index in [4.69, 9.17) is 0 Å².